The van der Waals surface area contributed by atoms with Crippen molar-refractivity contribution in [3.05, 3.63) is 12.3 Å². The van der Waals surface area contributed by atoms with Crippen LogP contribution in [0.15, 0.2) is 12.3 Å². The van der Waals surface area contributed by atoms with Crippen LogP contribution < -0.4 is 0 Å². The summed E-state index contributed by atoms with van der Waals surface area (Å²) in [5.74, 6) is 0.278. The van der Waals surface area contributed by atoms with Gasteiger partial charge >= 0.3 is 0 Å². The maximum absolute atomic E-state index is 11.3. The molecule has 66 valence electrons. The number of alkyl halides is 1. The summed E-state index contributed by atoms with van der Waals surface area (Å²) in [6, 6.07) is 0. The fourth-order valence-corrected chi connectivity index (χ4v) is 2.19. The minimum absolute atomic E-state index is 0.0405. The third kappa shape index (κ3) is 1.36. The predicted molar refractivity (Wildman–Crippen MR) is 46.0 cm³/mol. The highest BCUT2D eigenvalue weighted by Crippen LogP contribution is 2.32. The highest BCUT2D eigenvalue weighted by Gasteiger charge is 2.36. The molecular formula is C9H11ClO2. The van der Waals surface area contributed by atoms with Gasteiger partial charge < -0.3 is 4.74 Å². The molecular weight excluding hydrogens is 176 g/mol. The van der Waals surface area contributed by atoms with Crippen LogP contribution in [0.1, 0.15) is 19.3 Å². The van der Waals surface area contributed by atoms with E-state index in [1.807, 2.05) is 0 Å². The van der Waals surface area contributed by atoms with Gasteiger partial charge in [0.05, 0.1) is 12.2 Å². The fourth-order valence-electron chi connectivity index (χ4n) is 1.89. The molecule has 1 saturated carbocycles. The van der Waals surface area contributed by atoms with Crippen molar-refractivity contribution in [3.63, 3.8) is 0 Å². The number of hydrogen-bond acceptors (Lipinski definition) is 2. The molecule has 0 amide bonds. The van der Waals surface area contributed by atoms with Crippen molar-refractivity contribution in [1.82, 2.24) is 0 Å². The van der Waals surface area contributed by atoms with E-state index in [9.17, 15) is 4.79 Å². The lowest BCUT2D eigenvalue weighted by molar-refractivity contribution is -0.125. The van der Waals surface area contributed by atoms with Crippen LogP contribution in [0.3, 0.4) is 0 Å². The van der Waals surface area contributed by atoms with Crippen LogP contribution in [0.25, 0.3) is 0 Å². The number of carbonyl (C=O) groups is 1. The number of fused-ring (bicyclic) bond motifs is 1. The number of ether oxygens (including phenoxy) is 1. The molecule has 0 radical (unpaired) electrons. The fraction of sp³-hybridized carbons (Fsp3) is 0.667. The Hall–Kier alpha value is -0.500. The van der Waals surface area contributed by atoms with Crippen LogP contribution in [-0.2, 0) is 9.53 Å². The van der Waals surface area contributed by atoms with Crippen LogP contribution in [0, 0.1) is 5.92 Å². The number of rotatable bonds is 0. The van der Waals surface area contributed by atoms with E-state index in [2.05, 4.69) is 0 Å². The molecule has 0 aromatic carbocycles. The molecule has 2 nitrogen and oxygen atoms in total. The van der Waals surface area contributed by atoms with E-state index in [-0.39, 0.29) is 23.2 Å². The Morgan fingerprint density at radius 1 is 1.50 bits per heavy atom. The van der Waals surface area contributed by atoms with Gasteiger partial charge in [-0.2, -0.15) is 0 Å². The summed E-state index contributed by atoms with van der Waals surface area (Å²) in [6.45, 7) is 0. The van der Waals surface area contributed by atoms with Gasteiger partial charge in [-0.25, -0.2) is 0 Å². The largest absolute Gasteiger partial charge is 0.497 e. The van der Waals surface area contributed by atoms with Crippen molar-refractivity contribution < 1.29 is 9.53 Å². The SMILES string of the molecule is O=C1C=COC2CC(Cl)CCC12. The first-order valence-corrected chi connectivity index (χ1v) is 4.71. The summed E-state index contributed by atoms with van der Waals surface area (Å²) in [7, 11) is 0. The third-order valence-electron chi connectivity index (χ3n) is 2.58. The first-order valence-electron chi connectivity index (χ1n) is 4.27. The second-order valence-corrected chi connectivity index (χ2v) is 4.01. The second-order valence-electron chi connectivity index (χ2n) is 3.40. The van der Waals surface area contributed by atoms with Gasteiger partial charge in [0, 0.05) is 17.9 Å². The minimum atomic E-state index is 0.0405. The maximum Gasteiger partial charge on any atom is 0.165 e. The number of carbonyl (C=O) groups excluding carboxylic acids is 1. The molecule has 1 heterocycles. The Kier molecular flexibility index (Phi) is 2.09. The molecule has 1 aliphatic carbocycles. The molecule has 0 N–H and O–H groups in total. The van der Waals surface area contributed by atoms with E-state index in [1.54, 1.807) is 0 Å². The van der Waals surface area contributed by atoms with Gasteiger partial charge in [0.1, 0.15) is 6.10 Å². The first kappa shape index (κ1) is 8.11. The van der Waals surface area contributed by atoms with Gasteiger partial charge in [0.25, 0.3) is 0 Å². The minimum Gasteiger partial charge on any atom is -0.497 e. The van der Waals surface area contributed by atoms with Gasteiger partial charge in [0.15, 0.2) is 5.78 Å². The Morgan fingerprint density at radius 3 is 3.17 bits per heavy atom. The predicted octanol–water partition coefficient (Wildman–Crippen LogP) is 1.88. The van der Waals surface area contributed by atoms with Gasteiger partial charge in [-0.05, 0) is 12.8 Å². The average molecular weight is 187 g/mol. The van der Waals surface area contributed by atoms with E-state index >= 15 is 0 Å². The van der Waals surface area contributed by atoms with Crippen LogP contribution in [0.4, 0.5) is 0 Å². The molecule has 3 atom stereocenters. The molecule has 12 heavy (non-hydrogen) atoms. The van der Waals surface area contributed by atoms with Crippen molar-refractivity contribution in [2.75, 3.05) is 0 Å². The molecule has 3 heteroatoms. The molecule has 3 unspecified atom stereocenters. The molecule has 0 bridgehead atoms. The van der Waals surface area contributed by atoms with Crippen molar-refractivity contribution in [3.8, 4) is 0 Å². The van der Waals surface area contributed by atoms with Crippen molar-refractivity contribution >= 4 is 17.4 Å². The normalized spacial score (nSPS) is 40.4. The van der Waals surface area contributed by atoms with Gasteiger partial charge in [-0.3, -0.25) is 4.79 Å². The second kappa shape index (κ2) is 3.09. The molecule has 2 aliphatic rings. The Bertz CT molecular complexity index is 225. The summed E-state index contributed by atoms with van der Waals surface area (Å²) in [5, 5.41) is 0.186. The summed E-state index contributed by atoms with van der Waals surface area (Å²) in [6.07, 6.45) is 5.68. The summed E-state index contributed by atoms with van der Waals surface area (Å²) in [5.41, 5.74) is 0. The van der Waals surface area contributed by atoms with E-state index in [4.69, 9.17) is 16.3 Å². The van der Waals surface area contributed by atoms with E-state index in [1.165, 1.54) is 12.3 Å². The van der Waals surface area contributed by atoms with Crippen molar-refractivity contribution in [1.29, 1.82) is 0 Å². The van der Waals surface area contributed by atoms with Crippen LogP contribution in [0.2, 0.25) is 0 Å². The highest BCUT2D eigenvalue weighted by molar-refractivity contribution is 6.20. The number of allylic oxidation sites excluding steroid dienone is 1. The number of hydrogen-bond donors (Lipinski definition) is 0. The lowest BCUT2D eigenvalue weighted by Gasteiger charge is -2.33. The number of ketones is 1. The molecule has 0 spiro atoms. The lowest BCUT2D eigenvalue weighted by atomic mass is 9.82. The van der Waals surface area contributed by atoms with E-state index < -0.39 is 0 Å². The Balaban J connectivity index is 2.11. The molecule has 1 aliphatic heterocycles. The molecule has 1 fully saturated rings. The monoisotopic (exact) mass is 186 g/mol. The zero-order valence-corrected chi connectivity index (χ0v) is 7.46. The molecule has 0 saturated heterocycles. The molecule has 2 rings (SSSR count). The zero-order valence-electron chi connectivity index (χ0n) is 6.70. The van der Waals surface area contributed by atoms with Gasteiger partial charge in [-0.1, -0.05) is 0 Å². The third-order valence-corrected chi connectivity index (χ3v) is 2.98. The Morgan fingerprint density at radius 2 is 2.33 bits per heavy atom. The highest BCUT2D eigenvalue weighted by atomic mass is 35.5. The summed E-state index contributed by atoms with van der Waals surface area (Å²) < 4.78 is 5.34. The topological polar surface area (TPSA) is 26.3 Å². The number of halogens is 1. The van der Waals surface area contributed by atoms with Gasteiger partial charge in [0.2, 0.25) is 0 Å². The standard InChI is InChI=1S/C9H11ClO2/c10-6-1-2-7-8(11)3-4-12-9(7)5-6/h3-4,6-7,9H,1-2,5H2. The van der Waals surface area contributed by atoms with Crippen molar-refractivity contribution in [2.45, 2.75) is 30.7 Å². The lowest BCUT2D eigenvalue weighted by Crippen LogP contribution is -2.37. The average Bonchev–Trinajstić information content (AvgIpc) is 2.04. The van der Waals surface area contributed by atoms with Crippen molar-refractivity contribution in [2.24, 2.45) is 5.92 Å². The first-order chi connectivity index (χ1) is 5.77. The van der Waals surface area contributed by atoms with Crippen LogP contribution >= 0.6 is 11.6 Å². The molecule has 0 aromatic heterocycles. The molecule has 0 aromatic rings. The van der Waals surface area contributed by atoms with E-state index in [0.29, 0.717) is 0 Å². The quantitative estimate of drug-likeness (QED) is 0.540. The van der Waals surface area contributed by atoms with Gasteiger partial charge in [-0.15, -0.1) is 11.6 Å². The summed E-state index contributed by atoms with van der Waals surface area (Å²) in [4.78, 5) is 11.3. The Labute approximate surface area is 76.5 Å². The van der Waals surface area contributed by atoms with Crippen LogP contribution in [-0.4, -0.2) is 17.3 Å². The zero-order chi connectivity index (χ0) is 8.55. The summed E-state index contributed by atoms with van der Waals surface area (Å²) >= 11 is 5.97. The van der Waals surface area contributed by atoms with Crippen LogP contribution in [0.5, 0.6) is 0 Å². The maximum atomic E-state index is 11.3. The smallest absolute Gasteiger partial charge is 0.165 e. The van der Waals surface area contributed by atoms with E-state index in [0.717, 1.165) is 19.3 Å².